The van der Waals surface area contributed by atoms with E-state index in [9.17, 15) is 9.59 Å². The molecule has 1 aliphatic rings. The molecule has 3 rings (SSSR count). The molecule has 0 aliphatic heterocycles. The summed E-state index contributed by atoms with van der Waals surface area (Å²) in [5.41, 5.74) is 1.30. The number of thioether (sulfide) groups is 1. The molecule has 2 aromatic carbocycles. The lowest BCUT2D eigenvalue weighted by molar-refractivity contribution is -0.113. The standard InChI is InChI=1S/C20H22N2O3S/c1-2-25-17-9-11-18(12-10-17)26-13-19(23)21-15-5-3-14(4-6-15)20(24)22-16-7-8-16/h3-6,9-12,16H,2,7-8,13H2,1H3,(H,21,23)(H,22,24). The van der Waals surface area contributed by atoms with Crippen molar-refractivity contribution in [3.63, 3.8) is 0 Å². The predicted molar refractivity (Wildman–Crippen MR) is 104 cm³/mol. The van der Waals surface area contributed by atoms with E-state index in [1.807, 2.05) is 31.2 Å². The van der Waals surface area contributed by atoms with Crippen LogP contribution in [0.15, 0.2) is 53.4 Å². The van der Waals surface area contributed by atoms with Gasteiger partial charge >= 0.3 is 0 Å². The Bertz CT molecular complexity index is 756. The third-order valence-electron chi connectivity index (χ3n) is 3.85. The van der Waals surface area contributed by atoms with Gasteiger partial charge in [-0.05, 0) is 68.3 Å². The van der Waals surface area contributed by atoms with E-state index in [1.54, 1.807) is 24.3 Å². The summed E-state index contributed by atoms with van der Waals surface area (Å²) in [5, 5.41) is 5.79. The molecule has 0 aromatic heterocycles. The first-order valence-corrected chi connectivity index (χ1v) is 9.69. The summed E-state index contributed by atoms with van der Waals surface area (Å²) in [4.78, 5) is 25.0. The molecule has 1 aliphatic carbocycles. The zero-order valence-corrected chi connectivity index (χ0v) is 15.5. The molecular weight excluding hydrogens is 348 g/mol. The third kappa shape index (κ3) is 5.52. The van der Waals surface area contributed by atoms with Gasteiger partial charge in [-0.2, -0.15) is 0 Å². The molecule has 26 heavy (non-hydrogen) atoms. The van der Waals surface area contributed by atoms with Gasteiger partial charge in [0.25, 0.3) is 5.91 Å². The molecule has 5 nitrogen and oxygen atoms in total. The number of carbonyl (C=O) groups is 2. The largest absolute Gasteiger partial charge is 0.494 e. The zero-order chi connectivity index (χ0) is 18.4. The summed E-state index contributed by atoms with van der Waals surface area (Å²) in [5.74, 6) is 1.00. The number of amides is 2. The van der Waals surface area contributed by atoms with Crippen LogP contribution in [0.2, 0.25) is 0 Å². The Morgan fingerprint density at radius 2 is 1.77 bits per heavy atom. The van der Waals surface area contributed by atoms with Crippen LogP contribution >= 0.6 is 11.8 Å². The maximum absolute atomic E-state index is 12.1. The van der Waals surface area contributed by atoms with Crippen LogP contribution in [0.25, 0.3) is 0 Å². The number of nitrogens with one attached hydrogen (secondary N) is 2. The van der Waals surface area contributed by atoms with Crippen molar-refractivity contribution in [3.8, 4) is 5.75 Å². The molecule has 0 heterocycles. The average molecular weight is 370 g/mol. The van der Waals surface area contributed by atoms with Crippen molar-refractivity contribution < 1.29 is 14.3 Å². The molecule has 2 amide bonds. The minimum atomic E-state index is -0.0842. The Labute approximate surface area is 157 Å². The number of ether oxygens (including phenoxy) is 1. The fraction of sp³-hybridized carbons (Fsp3) is 0.300. The van der Waals surface area contributed by atoms with Gasteiger partial charge in [-0.3, -0.25) is 9.59 Å². The quantitative estimate of drug-likeness (QED) is 0.695. The topological polar surface area (TPSA) is 67.4 Å². The van der Waals surface area contributed by atoms with E-state index in [2.05, 4.69) is 10.6 Å². The van der Waals surface area contributed by atoms with E-state index < -0.39 is 0 Å². The highest BCUT2D eigenvalue weighted by Crippen LogP contribution is 2.22. The molecule has 0 radical (unpaired) electrons. The summed E-state index contributed by atoms with van der Waals surface area (Å²) >= 11 is 1.46. The molecule has 0 saturated heterocycles. The fourth-order valence-corrected chi connectivity index (χ4v) is 3.04. The summed E-state index contributed by atoms with van der Waals surface area (Å²) in [6.07, 6.45) is 2.12. The molecule has 2 aromatic rings. The Kier molecular flexibility index (Phi) is 6.17. The second kappa shape index (κ2) is 8.76. The van der Waals surface area contributed by atoms with Crippen LogP contribution in [0.4, 0.5) is 5.69 Å². The lowest BCUT2D eigenvalue weighted by Crippen LogP contribution is -2.25. The van der Waals surface area contributed by atoms with Gasteiger partial charge < -0.3 is 15.4 Å². The summed E-state index contributed by atoms with van der Waals surface area (Å²) < 4.78 is 5.40. The Morgan fingerprint density at radius 1 is 1.08 bits per heavy atom. The number of benzene rings is 2. The molecule has 0 spiro atoms. The maximum Gasteiger partial charge on any atom is 0.251 e. The van der Waals surface area contributed by atoms with Crippen molar-refractivity contribution in [2.24, 2.45) is 0 Å². The van der Waals surface area contributed by atoms with Gasteiger partial charge in [-0.1, -0.05) is 0 Å². The van der Waals surface area contributed by atoms with Gasteiger partial charge in [0, 0.05) is 22.2 Å². The van der Waals surface area contributed by atoms with E-state index in [1.165, 1.54) is 11.8 Å². The second-order valence-electron chi connectivity index (χ2n) is 6.07. The molecule has 2 N–H and O–H groups in total. The van der Waals surface area contributed by atoms with Gasteiger partial charge in [-0.15, -0.1) is 11.8 Å². The molecule has 0 bridgehead atoms. The minimum Gasteiger partial charge on any atom is -0.494 e. The molecule has 136 valence electrons. The van der Waals surface area contributed by atoms with Crippen LogP contribution in [0, 0.1) is 0 Å². The third-order valence-corrected chi connectivity index (χ3v) is 4.86. The number of hydrogen-bond acceptors (Lipinski definition) is 4. The highest BCUT2D eigenvalue weighted by Gasteiger charge is 2.23. The average Bonchev–Trinajstić information content (AvgIpc) is 3.46. The Hall–Kier alpha value is -2.47. The number of carbonyl (C=O) groups excluding carboxylic acids is 2. The van der Waals surface area contributed by atoms with Crippen molar-refractivity contribution in [1.29, 1.82) is 0 Å². The van der Waals surface area contributed by atoms with Crippen LogP contribution < -0.4 is 15.4 Å². The van der Waals surface area contributed by atoms with Gasteiger partial charge in [0.1, 0.15) is 5.75 Å². The first kappa shape index (κ1) is 18.3. The van der Waals surface area contributed by atoms with Crippen molar-refractivity contribution in [1.82, 2.24) is 5.32 Å². The monoisotopic (exact) mass is 370 g/mol. The van der Waals surface area contributed by atoms with Crippen LogP contribution in [0.3, 0.4) is 0 Å². The van der Waals surface area contributed by atoms with E-state index in [4.69, 9.17) is 4.74 Å². The van der Waals surface area contributed by atoms with Crippen molar-refractivity contribution in [2.75, 3.05) is 17.7 Å². The molecule has 0 unspecified atom stereocenters. The Balaban J connectivity index is 1.45. The van der Waals surface area contributed by atoms with Gasteiger partial charge in [-0.25, -0.2) is 0 Å². The van der Waals surface area contributed by atoms with E-state index >= 15 is 0 Å². The SMILES string of the molecule is CCOc1ccc(SCC(=O)Nc2ccc(C(=O)NC3CC3)cc2)cc1. The van der Waals surface area contributed by atoms with Gasteiger partial charge in [0.2, 0.25) is 5.91 Å². The van der Waals surface area contributed by atoms with Gasteiger partial charge in [0.05, 0.1) is 12.4 Å². The highest BCUT2D eigenvalue weighted by molar-refractivity contribution is 8.00. The minimum absolute atomic E-state index is 0.0589. The maximum atomic E-state index is 12.1. The molecule has 0 atom stereocenters. The molecule has 1 fully saturated rings. The van der Waals surface area contributed by atoms with Crippen molar-refractivity contribution in [3.05, 3.63) is 54.1 Å². The van der Waals surface area contributed by atoms with Crippen LogP contribution in [-0.2, 0) is 4.79 Å². The molecule has 1 saturated carbocycles. The number of anilines is 1. The predicted octanol–water partition coefficient (Wildman–Crippen LogP) is 3.71. The van der Waals surface area contributed by atoms with Gasteiger partial charge in [0.15, 0.2) is 0 Å². The van der Waals surface area contributed by atoms with Crippen molar-refractivity contribution >= 4 is 29.3 Å². The first-order valence-electron chi connectivity index (χ1n) is 8.70. The highest BCUT2D eigenvalue weighted by atomic mass is 32.2. The van der Waals surface area contributed by atoms with Crippen LogP contribution in [-0.4, -0.2) is 30.2 Å². The lowest BCUT2D eigenvalue weighted by atomic mass is 10.2. The fourth-order valence-electron chi connectivity index (χ4n) is 2.35. The van der Waals surface area contributed by atoms with Crippen LogP contribution in [0.5, 0.6) is 5.75 Å². The summed E-state index contributed by atoms with van der Waals surface area (Å²) in [7, 11) is 0. The summed E-state index contributed by atoms with van der Waals surface area (Å²) in [6, 6.07) is 15.0. The van der Waals surface area contributed by atoms with Crippen LogP contribution in [0.1, 0.15) is 30.1 Å². The molecular formula is C20H22N2O3S. The van der Waals surface area contributed by atoms with E-state index in [0.29, 0.717) is 29.7 Å². The lowest BCUT2D eigenvalue weighted by Gasteiger charge is -2.08. The first-order chi connectivity index (χ1) is 12.6. The smallest absolute Gasteiger partial charge is 0.251 e. The van der Waals surface area contributed by atoms with E-state index in [0.717, 1.165) is 23.5 Å². The zero-order valence-electron chi connectivity index (χ0n) is 14.7. The number of hydrogen-bond donors (Lipinski definition) is 2. The Morgan fingerprint density at radius 3 is 2.38 bits per heavy atom. The second-order valence-corrected chi connectivity index (χ2v) is 7.12. The van der Waals surface area contributed by atoms with Crippen molar-refractivity contribution in [2.45, 2.75) is 30.7 Å². The van der Waals surface area contributed by atoms with E-state index in [-0.39, 0.29) is 11.8 Å². The molecule has 6 heteroatoms. The number of rotatable bonds is 8. The summed E-state index contributed by atoms with van der Waals surface area (Å²) in [6.45, 7) is 2.58. The normalized spacial score (nSPS) is 13.1.